The standard InChI is InChI=1S/C13H15ClN4/c1-8-5-10(7-11(14)6-8)13-17-16-12-9(2)15-3-4-18(12)13/h5-7,9,15H,3-4H2,1-2H3. The van der Waals surface area contributed by atoms with E-state index in [1.54, 1.807) is 0 Å². The van der Waals surface area contributed by atoms with Crippen molar-refractivity contribution in [3.05, 3.63) is 34.6 Å². The van der Waals surface area contributed by atoms with Crippen molar-refractivity contribution in [1.82, 2.24) is 20.1 Å². The van der Waals surface area contributed by atoms with Crippen LogP contribution in [0.25, 0.3) is 11.4 Å². The second-order valence-corrected chi connectivity index (χ2v) is 5.16. The molecule has 0 radical (unpaired) electrons. The Morgan fingerprint density at radius 2 is 2.17 bits per heavy atom. The number of nitrogens with zero attached hydrogens (tertiary/aromatic N) is 3. The molecule has 0 saturated heterocycles. The molecule has 2 heterocycles. The normalized spacial score (nSPS) is 18.7. The van der Waals surface area contributed by atoms with Crippen molar-refractivity contribution < 1.29 is 0 Å². The number of fused-ring (bicyclic) bond motifs is 1. The molecule has 3 rings (SSSR count). The smallest absolute Gasteiger partial charge is 0.164 e. The first kappa shape index (κ1) is 11.7. The first-order chi connectivity index (χ1) is 8.65. The van der Waals surface area contributed by atoms with Gasteiger partial charge in [0, 0.05) is 23.7 Å². The number of benzene rings is 1. The van der Waals surface area contributed by atoms with Gasteiger partial charge in [0.05, 0.1) is 6.04 Å². The highest BCUT2D eigenvalue weighted by Crippen LogP contribution is 2.26. The van der Waals surface area contributed by atoms with Crippen LogP contribution >= 0.6 is 11.6 Å². The van der Waals surface area contributed by atoms with Crippen molar-refractivity contribution in [2.24, 2.45) is 0 Å². The van der Waals surface area contributed by atoms with Crippen LogP contribution in [0.4, 0.5) is 0 Å². The molecule has 1 aliphatic rings. The molecule has 18 heavy (non-hydrogen) atoms. The predicted octanol–water partition coefficient (Wildman–Crippen LogP) is 2.57. The monoisotopic (exact) mass is 262 g/mol. The van der Waals surface area contributed by atoms with Gasteiger partial charge in [-0.2, -0.15) is 0 Å². The third kappa shape index (κ3) is 1.91. The van der Waals surface area contributed by atoms with E-state index in [1.165, 1.54) is 0 Å². The summed E-state index contributed by atoms with van der Waals surface area (Å²) in [7, 11) is 0. The Morgan fingerprint density at radius 3 is 2.94 bits per heavy atom. The lowest BCUT2D eigenvalue weighted by atomic mass is 10.1. The van der Waals surface area contributed by atoms with Crippen LogP contribution in [0.2, 0.25) is 5.02 Å². The second kappa shape index (κ2) is 4.37. The average Bonchev–Trinajstić information content (AvgIpc) is 2.73. The summed E-state index contributed by atoms with van der Waals surface area (Å²) in [6.45, 7) is 5.98. The minimum Gasteiger partial charge on any atom is -0.308 e. The molecule has 1 atom stereocenters. The molecule has 0 bridgehead atoms. The first-order valence-electron chi connectivity index (χ1n) is 6.09. The van der Waals surface area contributed by atoms with Crippen LogP contribution in [-0.2, 0) is 6.54 Å². The molecule has 1 N–H and O–H groups in total. The van der Waals surface area contributed by atoms with Crippen molar-refractivity contribution in [2.75, 3.05) is 6.54 Å². The molecular formula is C13H15ClN4. The zero-order valence-corrected chi connectivity index (χ0v) is 11.2. The van der Waals surface area contributed by atoms with E-state index >= 15 is 0 Å². The van der Waals surface area contributed by atoms with Crippen molar-refractivity contribution in [3.8, 4) is 11.4 Å². The molecule has 0 amide bonds. The van der Waals surface area contributed by atoms with Gasteiger partial charge >= 0.3 is 0 Å². The Labute approximate surface area is 111 Å². The average molecular weight is 263 g/mol. The van der Waals surface area contributed by atoms with Crippen LogP contribution in [0.5, 0.6) is 0 Å². The van der Waals surface area contributed by atoms with E-state index in [-0.39, 0.29) is 6.04 Å². The Kier molecular flexibility index (Phi) is 2.84. The van der Waals surface area contributed by atoms with Gasteiger partial charge in [-0.25, -0.2) is 0 Å². The fraction of sp³-hybridized carbons (Fsp3) is 0.385. The summed E-state index contributed by atoms with van der Waals surface area (Å²) in [4.78, 5) is 0. The number of rotatable bonds is 1. The van der Waals surface area contributed by atoms with Gasteiger partial charge in [-0.3, -0.25) is 0 Å². The molecule has 0 spiro atoms. The van der Waals surface area contributed by atoms with Crippen LogP contribution in [0.1, 0.15) is 24.4 Å². The van der Waals surface area contributed by atoms with E-state index in [9.17, 15) is 0 Å². The maximum atomic E-state index is 6.11. The van der Waals surface area contributed by atoms with Crippen LogP contribution in [0.15, 0.2) is 18.2 Å². The summed E-state index contributed by atoms with van der Waals surface area (Å²) in [6, 6.07) is 6.23. The maximum Gasteiger partial charge on any atom is 0.164 e. The van der Waals surface area contributed by atoms with Gasteiger partial charge in [0.1, 0.15) is 5.82 Å². The molecule has 1 aliphatic heterocycles. The molecule has 5 heteroatoms. The largest absolute Gasteiger partial charge is 0.308 e. The summed E-state index contributed by atoms with van der Waals surface area (Å²) in [5.74, 6) is 1.90. The molecule has 4 nitrogen and oxygen atoms in total. The predicted molar refractivity (Wildman–Crippen MR) is 71.6 cm³/mol. The van der Waals surface area contributed by atoms with Crippen molar-refractivity contribution in [3.63, 3.8) is 0 Å². The van der Waals surface area contributed by atoms with Gasteiger partial charge in [0.15, 0.2) is 5.82 Å². The third-order valence-electron chi connectivity index (χ3n) is 3.25. The van der Waals surface area contributed by atoms with E-state index in [1.807, 2.05) is 19.1 Å². The van der Waals surface area contributed by atoms with Crippen LogP contribution in [0, 0.1) is 6.92 Å². The first-order valence-corrected chi connectivity index (χ1v) is 6.47. The quantitative estimate of drug-likeness (QED) is 0.859. The zero-order valence-electron chi connectivity index (χ0n) is 10.4. The fourth-order valence-electron chi connectivity index (χ4n) is 2.42. The fourth-order valence-corrected chi connectivity index (χ4v) is 2.71. The number of hydrogen-bond acceptors (Lipinski definition) is 3. The molecule has 1 aromatic carbocycles. The Balaban J connectivity index is 2.12. The summed E-state index contributed by atoms with van der Waals surface area (Å²) in [5, 5.41) is 12.7. The number of halogens is 1. The molecule has 0 saturated carbocycles. The molecule has 1 aromatic heterocycles. The van der Waals surface area contributed by atoms with Crippen molar-refractivity contribution >= 4 is 11.6 Å². The Morgan fingerprint density at radius 1 is 1.33 bits per heavy atom. The van der Waals surface area contributed by atoms with Crippen molar-refractivity contribution in [1.29, 1.82) is 0 Å². The van der Waals surface area contributed by atoms with Gasteiger partial charge < -0.3 is 9.88 Å². The second-order valence-electron chi connectivity index (χ2n) is 4.73. The molecular weight excluding hydrogens is 248 g/mol. The minimum absolute atomic E-state index is 0.250. The lowest BCUT2D eigenvalue weighted by molar-refractivity contribution is 0.439. The SMILES string of the molecule is Cc1cc(Cl)cc(-c2nnc3n2CCNC3C)c1. The maximum absolute atomic E-state index is 6.11. The highest BCUT2D eigenvalue weighted by atomic mass is 35.5. The summed E-state index contributed by atoms with van der Waals surface area (Å²) < 4.78 is 2.17. The lowest BCUT2D eigenvalue weighted by Crippen LogP contribution is -2.32. The topological polar surface area (TPSA) is 42.7 Å². The highest BCUT2D eigenvalue weighted by Gasteiger charge is 2.22. The summed E-state index contributed by atoms with van der Waals surface area (Å²) in [6.07, 6.45) is 0. The van der Waals surface area contributed by atoms with Crippen LogP contribution < -0.4 is 5.32 Å². The Hall–Kier alpha value is -1.39. The number of aromatic nitrogens is 3. The third-order valence-corrected chi connectivity index (χ3v) is 3.47. The van der Waals surface area contributed by atoms with Crippen LogP contribution in [-0.4, -0.2) is 21.3 Å². The zero-order chi connectivity index (χ0) is 12.7. The van der Waals surface area contributed by atoms with Crippen LogP contribution in [0.3, 0.4) is 0 Å². The van der Waals surface area contributed by atoms with Gasteiger partial charge in [0.25, 0.3) is 0 Å². The van der Waals surface area contributed by atoms with Gasteiger partial charge in [-0.1, -0.05) is 11.6 Å². The molecule has 2 aromatic rings. The highest BCUT2D eigenvalue weighted by molar-refractivity contribution is 6.30. The molecule has 0 aliphatic carbocycles. The summed E-state index contributed by atoms with van der Waals surface area (Å²) in [5.41, 5.74) is 2.17. The lowest BCUT2D eigenvalue weighted by Gasteiger charge is -2.22. The van der Waals surface area contributed by atoms with E-state index in [4.69, 9.17) is 11.6 Å². The van der Waals surface area contributed by atoms with E-state index in [0.717, 1.165) is 40.9 Å². The van der Waals surface area contributed by atoms with E-state index in [0.29, 0.717) is 0 Å². The Bertz CT molecular complexity index is 570. The van der Waals surface area contributed by atoms with E-state index < -0.39 is 0 Å². The van der Waals surface area contributed by atoms with E-state index in [2.05, 4.69) is 33.1 Å². The number of aryl methyl sites for hydroxylation is 1. The van der Waals surface area contributed by atoms with Crippen molar-refractivity contribution in [2.45, 2.75) is 26.4 Å². The molecule has 0 fully saturated rings. The van der Waals surface area contributed by atoms with Gasteiger partial charge in [-0.15, -0.1) is 10.2 Å². The minimum atomic E-state index is 0.250. The number of nitrogens with one attached hydrogen (secondary N) is 1. The number of hydrogen-bond donors (Lipinski definition) is 1. The van der Waals surface area contributed by atoms with Gasteiger partial charge in [0.2, 0.25) is 0 Å². The summed E-state index contributed by atoms with van der Waals surface area (Å²) >= 11 is 6.11. The van der Waals surface area contributed by atoms with Gasteiger partial charge in [-0.05, 0) is 37.6 Å². The molecule has 94 valence electrons. The molecule has 1 unspecified atom stereocenters.